The maximum Gasteiger partial charge on any atom is 0.403 e. The summed E-state index contributed by atoms with van der Waals surface area (Å²) in [6.45, 7) is 0.523. The molecule has 0 bridgehead atoms. The summed E-state index contributed by atoms with van der Waals surface area (Å²) in [5.41, 5.74) is 0. The average Bonchev–Trinajstić information content (AvgIpc) is 2.27. The zero-order valence-electron chi connectivity index (χ0n) is 9.91. The third-order valence-electron chi connectivity index (χ3n) is 3.58. The molecule has 0 saturated carbocycles. The van der Waals surface area contributed by atoms with Gasteiger partial charge in [0.15, 0.2) is 0 Å². The van der Waals surface area contributed by atoms with Crippen LogP contribution in [-0.4, -0.2) is 49.8 Å². The van der Waals surface area contributed by atoms with Gasteiger partial charge in [0.05, 0.1) is 5.75 Å². The fourth-order valence-electron chi connectivity index (χ4n) is 2.58. The van der Waals surface area contributed by atoms with Crippen molar-refractivity contribution in [3.63, 3.8) is 0 Å². The molecule has 2 aliphatic heterocycles. The Kier molecular flexibility index (Phi) is 3.89. The van der Waals surface area contributed by atoms with Crippen LogP contribution in [0.4, 0.5) is 13.2 Å². The van der Waals surface area contributed by atoms with Crippen molar-refractivity contribution < 1.29 is 21.6 Å². The van der Waals surface area contributed by atoms with Gasteiger partial charge in [0, 0.05) is 19.1 Å². The molecule has 18 heavy (non-hydrogen) atoms. The molecule has 0 amide bonds. The number of rotatable bonds is 1. The van der Waals surface area contributed by atoms with Crippen molar-refractivity contribution in [1.29, 1.82) is 0 Å². The minimum atomic E-state index is -4.24. The Bertz CT molecular complexity index is 388. The highest BCUT2D eigenvalue weighted by molar-refractivity contribution is 7.89. The second-order valence-electron chi connectivity index (χ2n) is 4.87. The van der Waals surface area contributed by atoms with Crippen LogP contribution >= 0.6 is 0 Å². The lowest BCUT2D eigenvalue weighted by molar-refractivity contribution is -0.161. The fraction of sp³-hybridized carbons (Fsp3) is 1.00. The van der Waals surface area contributed by atoms with Gasteiger partial charge >= 0.3 is 6.18 Å². The molecule has 2 unspecified atom stereocenters. The number of alkyl halides is 3. The first-order valence-electron chi connectivity index (χ1n) is 6.10. The van der Waals surface area contributed by atoms with Crippen LogP contribution < -0.4 is 5.32 Å². The van der Waals surface area contributed by atoms with E-state index in [1.165, 1.54) is 4.31 Å². The van der Waals surface area contributed by atoms with Crippen molar-refractivity contribution in [3.05, 3.63) is 0 Å². The highest BCUT2D eigenvalue weighted by Gasteiger charge is 2.43. The second-order valence-corrected chi connectivity index (χ2v) is 6.91. The molecule has 106 valence electrons. The van der Waals surface area contributed by atoms with Gasteiger partial charge in [-0.1, -0.05) is 0 Å². The Labute approximate surface area is 105 Å². The smallest absolute Gasteiger partial charge is 0.305 e. The Morgan fingerprint density at radius 3 is 2.39 bits per heavy atom. The van der Waals surface area contributed by atoms with E-state index in [9.17, 15) is 21.6 Å². The summed E-state index contributed by atoms with van der Waals surface area (Å²) in [6, 6.07) is -1.82. The standard InChI is InChI=1S/C10H17F3N2O2S/c11-10(12,13)9-4-3-8(7-14-9)15-5-1-2-6-18(15,16)17/h8-9,14H,1-7H2. The Hall–Kier alpha value is -0.340. The van der Waals surface area contributed by atoms with E-state index >= 15 is 0 Å². The molecular formula is C10H17F3N2O2S. The fourth-order valence-corrected chi connectivity index (χ4v) is 4.43. The second kappa shape index (κ2) is 4.97. The van der Waals surface area contributed by atoms with Gasteiger partial charge in [-0.05, 0) is 25.7 Å². The molecule has 2 aliphatic rings. The van der Waals surface area contributed by atoms with Crippen molar-refractivity contribution in [3.8, 4) is 0 Å². The minimum Gasteiger partial charge on any atom is -0.305 e. The number of nitrogens with one attached hydrogen (secondary N) is 1. The normalized spacial score (nSPS) is 34.4. The topological polar surface area (TPSA) is 49.4 Å². The largest absolute Gasteiger partial charge is 0.403 e. The lowest BCUT2D eigenvalue weighted by atomic mass is 10.0. The number of nitrogens with zero attached hydrogens (tertiary/aromatic N) is 1. The number of hydrogen-bond donors (Lipinski definition) is 1. The highest BCUT2D eigenvalue weighted by atomic mass is 32.2. The van der Waals surface area contributed by atoms with Gasteiger partial charge in [0.1, 0.15) is 6.04 Å². The zero-order chi connectivity index (χ0) is 13.4. The molecule has 0 aromatic carbocycles. The Balaban J connectivity index is 1.97. The van der Waals surface area contributed by atoms with Crippen LogP contribution in [0.5, 0.6) is 0 Å². The van der Waals surface area contributed by atoms with Gasteiger partial charge in [-0.2, -0.15) is 17.5 Å². The van der Waals surface area contributed by atoms with Gasteiger partial charge in [0.2, 0.25) is 10.0 Å². The van der Waals surface area contributed by atoms with E-state index in [4.69, 9.17) is 0 Å². The molecule has 0 aromatic rings. The number of piperidine rings is 1. The summed E-state index contributed by atoms with van der Waals surface area (Å²) >= 11 is 0. The van der Waals surface area contributed by atoms with Crippen molar-refractivity contribution in [2.75, 3.05) is 18.8 Å². The molecule has 0 aliphatic carbocycles. The van der Waals surface area contributed by atoms with E-state index in [1.807, 2.05) is 0 Å². The quantitative estimate of drug-likeness (QED) is 0.785. The van der Waals surface area contributed by atoms with Crippen LogP contribution in [0.15, 0.2) is 0 Å². The zero-order valence-corrected chi connectivity index (χ0v) is 10.7. The van der Waals surface area contributed by atoms with Crippen LogP contribution in [0, 0.1) is 0 Å². The van der Waals surface area contributed by atoms with Crippen LogP contribution in [-0.2, 0) is 10.0 Å². The Morgan fingerprint density at radius 2 is 1.89 bits per heavy atom. The third kappa shape index (κ3) is 2.97. The molecule has 2 atom stereocenters. The van der Waals surface area contributed by atoms with E-state index < -0.39 is 22.2 Å². The van der Waals surface area contributed by atoms with Gasteiger partial charge < -0.3 is 5.32 Å². The molecule has 2 heterocycles. The van der Waals surface area contributed by atoms with E-state index in [2.05, 4.69) is 5.32 Å². The highest BCUT2D eigenvalue weighted by Crippen LogP contribution is 2.29. The minimum absolute atomic E-state index is 0.0554. The van der Waals surface area contributed by atoms with Crippen molar-refractivity contribution >= 4 is 10.0 Å². The summed E-state index contributed by atoms with van der Waals surface area (Å²) in [5.74, 6) is 0.117. The molecule has 4 nitrogen and oxygen atoms in total. The molecule has 1 N–H and O–H groups in total. The summed E-state index contributed by atoms with van der Waals surface area (Å²) in [6.07, 6.45) is -2.59. The van der Waals surface area contributed by atoms with Gasteiger partial charge in [-0.3, -0.25) is 0 Å². The SMILES string of the molecule is O=S1(=O)CCCCN1C1CCC(C(F)(F)F)NC1. The first-order chi connectivity index (χ1) is 8.31. The van der Waals surface area contributed by atoms with E-state index in [1.54, 1.807) is 0 Å². The maximum atomic E-state index is 12.5. The third-order valence-corrected chi connectivity index (χ3v) is 5.58. The first kappa shape index (κ1) is 14.1. The predicted molar refractivity (Wildman–Crippen MR) is 60.6 cm³/mol. The number of sulfonamides is 1. The lowest BCUT2D eigenvalue weighted by Crippen LogP contribution is -2.56. The monoisotopic (exact) mass is 286 g/mol. The van der Waals surface area contributed by atoms with Crippen molar-refractivity contribution in [2.45, 2.75) is 43.9 Å². The number of halogens is 3. The van der Waals surface area contributed by atoms with E-state index in [-0.39, 0.29) is 31.2 Å². The molecular weight excluding hydrogens is 269 g/mol. The molecule has 0 radical (unpaired) electrons. The van der Waals surface area contributed by atoms with Gasteiger partial charge in [-0.25, -0.2) is 8.42 Å². The van der Waals surface area contributed by atoms with Crippen LogP contribution in [0.25, 0.3) is 0 Å². The predicted octanol–water partition coefficient (Wildman–Crippen LogP) is 1.09. The molecule has 2 fully saturated rings. The average molecular weight is 286 g/mol. The molecule has 2 rings (SSSR count). The van der Waals surface area contributed by atoms with Gasteiger partial charge in [0.25, 0.3) is 0 Å². The summed E-state index contributed by atoms with van der Waals surface area (Å²) in [5, 5.41) is 2.41. The van der Waals surface area contributed by atoms with Crippen molar-refractivity contribution in [2.24, 2.45) is 0 Å². The lowest BCUT2D eigenvalue weighted by Gasteiger charge is -2.38. The van der Waals surface area contributed by atoms with Gasteiger partial charge in [-0.15, -0.1) is 0 Å². The van der Waals surface area contributed by atoms with Crippen LogP contribution in [0.2, 0.25) is 0 Å². The number of hydrogen-bond acceptors (Lipinski definition) is 3. The van der Waals surface area contributed by atoms with Crippen LogP contribution in [0.3, 0.4) is 0 Å². The first-order valence-corrected chi connectivity index (χ1v) is 7.71. The van der Waals surface area contributed by atoms with E-state index in [0.717, 1.165) is 6.42 Å². The Morgan fingerprint density at radius 1 is 1.17 bits per heavy atom. The molecule has 2 saturated heterocycles. The van der Waals surface area contributed by atoms with Crippen molar-refractivity contribution in [1.82, 2.24) is 9.62 Å². The summed E-state index contributed by atoms with van der Waals surface area (Å²) in [4.78, 5) is 0. The molecule has 0 aromatic heterocycles. The van der Waals surface area contributed by atoms with Crippen LogP contribution in [0.1, 0.15) is 25.7 Å². The summed E-state index contributed by atoms with van der Waals surface area (Å²) in [7, 11) is -3.26. The summed E-state index contributed by atoms with van der Waals surface area (Å²) < 4.78 is 62.5. The van der Waals surface area contributed by atoms with E-state index in [0.29, 0.717) is 13.0 Å². The molecule has 8 heteroatoms. The maximum absolute atomic E-state index is 12.5. The molecule has 0 spiro atoms.